The minimum atomic E-state index is 0.623. The molecule has 0 radical (unpaired) electrons. The average molecular weight is 471 g/mol. The maximum absolute atomic E-state index is 5.75. The fraction of sp³-hybridized carbons (Fsp3) is 0.174. The Hall–Kier alpha value is -2.57. The minimum absolute atomic E-state index is 0.623. The van der Waals surface area contributed by atoms with Crippen LogP contribution in [0.15, 0.2) is 77.3 Å². The van der Waals surface area contributed by atoms with E-state index in [4.69, 9.17) is 21.7 Å². The van der Waals surface area contributed by atoms with Crippen LogP contribution in [0.4, 0.5) is 5.69 Å². The number of hydrogen-bond acceptors (Lipinski definition) is 3. The number of methoxy groups -OCH3 is 2. The molecular weight excluding hydrogens is 448 g/mol. The third-order valence-corrected chi connectivity index (χ3v) is 5.36. The summed E-state index contributed by atoms with van der Waals surface area (Å²) in [5.74, 6) is 1.68. The molecule has 150 valence electrons. The van der Waals surface area contributed by atoms with Gasteiger partial charge in [-0.3, -0.25) is 0 Å². The third-order valence-electron chi connectivity index (χ3n) is 4.47. The van der Waals surface area contributed by atoms with Gasteiger partial charge in [-0.05, 0) is 60.2 Å². The largest absolute Gasteiger partial charge is 0.497 e. The molecule has 0 atom stereocenters. The first-order valence-corrected chi connectivity index (χ1v) is 10.4. The molecule has 0 spiro atoms. The third kappa shape index (κ3) is 5.95. The topological polar surface area (TPSA) is 33.7 Å². The molecule has 0 aliphatic rings. The number of rotatable bonds is 7. The number of anilines is 1. The molecule has 0 aliphatic heterocycles. The number of halogens is 1. The van der Waals surface area contributed by atoms with Gasteiger partial charge in [0.05, 0.1) is 14.2 Å². The second-order valence-electron chi connectivity index (χ2n) is 6.45. The highest BCUT2D eigenvalue weighted by Crippen LogP contribution is 2.22. The molecule has 0 aromatic heterocycles. The van der Waals surface area contributed by atoms with Gasteiger partial charge in [0.15, 0.2) is 5.11 Å². The van der Waals surface area contributed by atoms with Gasteiger partial charge in [-0.15, -0.1) is 0 Å². The summed E-state index contributed by atoms with van der Waals surface area (Å²) in [4.78, 5) is 2.12. The number of ether oxygens (including phenoxy) is 2. The molecule has 3 rings (SSSR count). The van der Waals surface area contributed by atoms with Crippen molar-refractivity contribution in [1.29, 1.82) is 0 Å². The second kappa shape index (κ2) is 10.3. The van der Waals surface area contributed by atoms with Gasteiger partial charge in [0, 0.05) is 28.8 Å². The summed E-state index contributed by atoms with van der Waals surface area (Å²) in [6, 6.07) is 24.0. The Balaban J connectivity index is 1.82. The zero-order chi connectivity index (χ0) is 20.6. The summed E-state index contributed by atoms with van der Waals surface area (Å²) < 4.78 is 11.8. The van der Waals surface area contributed by atoms with Crippen molar-refractivity contribution < 1.29 is 9.47 Å². The predicted molar refractivity (Wildman–Crippen MR) is 126 cm³/mol. The molecule has 0 unspecified atom stereocenters. The van der Waals surface area contributed by atoms with E-state index in [2.05, 4.69) is 44.3 Å². The zero-order valence-corrected chi connectivity index (χ0v) is 18.8. The van der Waals surface area contributed by atoms with Gasteiger partial charge in [0.25, 0.3) is 0 Å². The first kappa shape index (κ1) is 21.1. The number of nitrogens with zero attached hydrogens (tertiary/aromatic N) is 1. The van der Waals surface area contributed by atoms with Crippen LogP contribution in [0.1, 0.15) is 11.1 Å². The molecule has 3 aromatic carbocycles. The number of hydrogen-bond donors (Lipinski definition) is 1. The normalized spacial score (nSPS) is 10.3. The smallest absolute Gasteiger partial charge is 0.174 e. The van der Waals surface area contributed by atoms with Crippen LogP contribution < -0.4 is 14.8 Å². The van der Waals surface area contributed by atoms with Crippen molar-refractivity contribution in [2.75, 3.05) is 19.5 Å². The minimum Gasteiger partial charge on any atom is -0.497 e. The summed E-state index contributed by atoms with van der Waals surface area (Å²) in [6.45, 7) is 1.28. The highest BCUT2D eigenvalue weighted by molar-refractivity contribution is 9.10. The Morgan fingerprint density at radius 2 is 1.59 bits per heavy atom. The van der Waals surface area contributed by atoms with E-state index in [0.29, 0.717) is 18.2 Å². The Kier molecular flexibility index (Phi) is 7.49. The monoisotopic (exact) mass is 470 g/mol. The number of para-hydroxylation sites is 1. The Labute approximate surface area is 185 Å². The lowest BCUT2D eigenvalue weighted by Gasteiger charge is -2.27. The number of thiocarbonyl (C=S) groups is 1. The lowest BCUT2D eigenvalue weighted by Crippen LogP contribution is -2.34. The summed E-state index contributed by atoms with van der Waals surface area (Å²) in [5, 5.41) is 3.99. The van der Waals surface area contributed by atoms with Crippen molar-refractivity contribution in [3.63, 3.8) is 0 Å². The predicted octanol–water partition coefficient (Wildman–Crippen LogP) is 5.87. The van der Waals surface area contributed by atoms with Crippen molar-refractivity contribution in [2.45, 2.75) is 13.1 Å². The summed E-state index contributed by atoms with van der Waals surface area (Å²) in [7, 11) is 3.35. The lowest BCUT2D eigenvalue weighted by atomic mass is 10.1. The zero-order valence-electron chi connectivity index (χ0n) is 16.4. The van der Waals surface area contributed by atoms with Crippen LogP contribution in [0.25, 0.3) is 0 Å². The van der Waals surface area contributed by atoms with Crippen LogP contribution >= 0.6 is 28.1 Å². The van der Waals surface area contributed by atoms with Gasteiger partial charge in [0.2, 0.25) is 0 Å². The van der Waals surface area contributed by atoms with E-state index in [-0.39, 0.29) is 0 Å². The molecule has 29 heavy (non-hydrogen) atoms. The SMILES string of the molecule is COc1ccc(CN(Cc2ccccc2OC)C(=S)Nc2ccc(Br)cc2)cc1. The molecule has 0 fully saturated rings. The van der Waals surface area contributed by atoms with Crippen LogP contribution in [0.3, 0.4) is 0 Å². The first-order chi connectivity index (χ1) is 14.1. The molecule has 1 N–H and O–H groups in total. The van der Waals surface area contributed by atoms with E-state index in [9.17, 15) is 0 Å². The highest BCUT2D eigenvalue weighted by atomic mass is 79.9. The van der Waals surface area contributed by atoms with Gasteiger partial charge in [0.1, 0.15) is 11.5 Å². The van der Waals surface area contributed by atoms with Crippen molar-refractivity contribution in [2.24, 2.45) is 0 Å². The second-order valence-corrected chi connectivity index (χ2v) is 7.76. The van der Waals surface area contributed by atoms with E-state index >= 15 is 0 Å². The molecule has 6 heteroatoms. The molecule has 0 amide bonds. The van der Waals surface area contributed by atoms with Gasteiger partial charge in [-0.1, -0.05) is 46.3 Å². The van der Waals surface area contributed by atoms with Crippen molar-refractivity contribution >= 4 is 38.9 Å². The average Bonchev–Trinajstić information content (AvgIpc) is 2.75. The van der Waals surface area contributed by atoms with Crippen LogP contribution in [0.2, 0.25) is 0 Å². The van der Waals surface area contributed by atoms with Crippen molar-refractivity contribution in [3.8, 4) is 11.5 Å². The van der Waals surface area contributed by atoms with Gasteiger partial charge >= 0.3 is 0 Å². The van der Waals surface area contributed by atoms with Crippen molar-refractivity contribution in [3.05, 3.63) is 88.4 Å². The summed E-state index contributed by atoms with van der Waals surface area (Å²) in [5.41, 5.74) is 3.15. The van der Waals surface area contributed by atoms with E-state index in [0.717, 1.165) is 32.8 Å². The van der Waals surface area contributed by atoms with Crippen molar-refractivity contribution in [1.82, 2.24) is 4.90 Å². The van der Waals surface area contributed by atoms with E-state index in [1.54, 1.807) is 14.2 Å². The number of benzene rings is 3. The molecular formula is C23H23BrN2O2S. The van der Waals surface area contributed by atoms with Crippen LogP contribution in [0.5, 0.6) is 11.5 Å². The van der Waals surface area contributed by atoms with E-state index in [1.165, 1.54) is 0 Å². The first-order valence-electron chi connectivity index (χ1n) is 9.15. The molecule has 4 nitrogen and oxygen atoms in total. The Morgan fingerprint density at radius 3 is 2.24 bits per heavy atom. The van der Waals surface area contributed by atoms with Crippen LogP contribution in [0, 0.1) is 0 Å². The highest BCUT2D eigenvalue weighted by Gasteiger charge is 2.14. The standard InChI is InChI=1S/C23H23BrN2O2S/c1-27-21-13-7-17(8-14-21)15-26(16-18-5-3-4-6-22(18)28-2)23(29)25-20-11-9-19(24)10-12-20/h3-14H,15-16H2,1-2H3,(H,25,29). The quantitative estimate of drug-likeness (QED) is 0.437. The molecule has 0 saturated carbocycles. The van der Waals surface area contributed by atoms with E-state index in [1.807, 2.05) is 54.6 Å². The molecule has 0 bridgehead atoms. The van der Waals surface area contributed by atoms with Crippen LogP contribution in [-0.4, -0.2) is 24.2 Å². The molecule has 0 aliphatic carbocycles. The maximum Gasteiger partial charge on any atom is 0.174 e. The van der Waals surface area contributed by atoms with Crippen LogP contribution in [-0.2, 0) is 13.1 Å². The Morgan fingerprint density at radius 1 is 0.897 bits per heavy atom. The fourth-order valence-electron chi connectivity index (χ4n) is 2.93. The van der Waals surface area contributed by atoms with Gasteiger partial charge < -0.3 is 19.7 Å². The summed E-state index contributed by atoms with van der Waals surface area (Å²) in [6.07, 6.45) is 0. The lowest BCUT2D eigenvalue weighted by molar-refractivity contribution is 0.378. The Bertz CT molecular complexity index is 946. The van der Waals surface area contributed by atoms with E-state index < -0.39 is 0 Å². The van der Waals surface area contributed by atoms with Gasteiger partial charge in [-0.25, -0.2) is 0 Å². The summed E-state index contributed by atoms with van der Waals surface area (Å²) >= 11 is 9.22. The fourth-order valence-corrected chi connectivity index (χ4v) is 3.44. The van der Waals surface area contributed by atoms with Gasteiger partial charge in [-0.2, -0.15) is 0 Å². The number of nitrogens with one attached hydrogen (secondary N) is 1. The molecule has 0 heterocycles. The maximum atomic E-state index is 5.75. The molecule has 3 aromatic rings. The molecule has 0 saturated heterocycles.